The van der Waals surface area contributed by atoms with Gasteiger partial charge in [-0.25, -0.2) is 4.98 Å². The van der Waals surface area contributed by atoms with Gasteiger partial charge in [0.1, 0.15) is 0 Å². The van der Waals surface area contributed by atoms with Crippen molar-refractivity contribution in [3.63, 3.8) is 0 Å². The zero-order chi connectivity index (χ0) is 37.8. The van der Waals surface area contributed by atoms with Gasteiger partial charge in [-0.3, -0.25) is 4.57 Å². The van der Waals surface area contributed by atoms with E-state index in [1.165, 1.54) is 16.7 Å². The summed E-state index contributed by atoms with van der Waals surface area (Å²) in [4.78, 5) is 9.33. The van der Waals surface area contributed by atoms with Crippen molar-refractivity contribution in [2.75, 3.05) is 9.80 Å². The number of hydrogen-bond donors (Lipinski definition) is 0. The van der Waals surface area contributed by atoms with Gasteiger partial charge in [0.05, 0.1) is 0 Å². The normalized spacial score (nSPS) is 12.5. The van der Waals surface area contributed by atoms with Crippen molar-refractivity contribution < 1.29 is 25.8 Å². The van der Waals surface area contributed by atoms with Crippen LogP contribution in [0.1, 0.15) is 26.3 Å². The summed E-state index contributed by atoms with van der Waals surface area (Å²) in [6, 6.07) is 61.9. The first-order valence-corrected chi connectivity index (χ1v) is 18.9. The molecule has 0 radical (unpaired) electrons. The van der Waals surface area contributed by atoms with Gasteiger partial charge < -0.3 is 19.1 Å². The van der Waals surface area contributed by atoms with Gasteiger partial charge >= 0.3 is 0 Å². The summed E-state index contributed by atoms with van der Waals surface area (Å²) < 4.78 is 10.9. The molecule has 282 valence electrons. The Morgan fingerprint density at radius 1 is 0.614 bits per heavy atom. The van der Waals surface area contributed by atoms with Crippen LogP contribution in [0.2, 0.25) is 0 Å². The third-order valence-corrected chi connectivity index (χ3v) is 10.5. The van der Waals surface area contributed by atoms with Crippen LogP contribution in [-0.4, -0.2) is 14.1 Å². The molecule has 6 nitrogen and oxygen atoms in total. The number of fused-ring (bicyclic) bond motifs is 4. The zero-order valence-electron chi connectivity index (χ0n) is 31.7. The van der Waals surface area contributed by atoms with E-state index in [-0.39, 0.29) is 26.5 Å². The molecule has 0 fully saturated rings. The Bertz CT molecular complexity index is 2870. The molecule has 1 aliphatic heterocycles. The molecule has 0 aliphatic carbocycles. The minimum absolute atomic E-state index is 0. The second-order valence-electron chi connectivity index (χ2n) is 15.1. The van der Waals surface area contributed by atoms with E-state index >= 15 is 0 Å². The number of nitrogens with zero attached hydrogens (tertiary/aromatic N) is 5. The maximum atomic E-state index is 6.59. The molecule has 0 spiro atoms. The average molecular weight is 920 g/mol. The predicted molar refractivity (Wildman–Crippen MR) is 228 cm³/mol. The molecule has 0 saturated carbocycles. The molecule has 2 aromatic heterocycles. The zero-order valence-corrected chi connectivity index (χ0v) is 34.0. The fourth-order valence-electron chi connectivity index (χ4n) is 7.70. The molecule has 0 amide bonds. The summed E-state index contributed by atoms with van der Waals surface area (Å²) in [5.41, 5.74) is 10.7. The van der Waals surface area contributed by atoms with Gasteiger partial charge in [0.15, 0.2) is 0 Å². The van der Waals surface area contributed by atoms with Gasteiger partial charge in [-0.1, -0.05) is 117 Å². The summed E-state index contributed by atoms with van der Waals surface area (Å²) in [5.74, 6) is 1.96. The first kappa shape index (κ1) is 36.3. The fraction of sp³-hybridized carbons (Fsp3) is 0.0800. The van der Waals surface area contributed by atoms with E-state index in [2.05, 4.69) is 180 Å². The topological polar surface area (TPSA) is 38.5 Å². The second kappa shape index (κ2) is 14.6. The molecule has 0 bridgehead atoms. The molecular weight excluding hydrogens is 882 g/mol. The molecule has 7 heteroatoms. The van der Waals surface area contributed by atoms with Gasteiger partial charge in [-0.05, 0) is 58.3 Å². The maximum absolute atomic E-state index is 6.59. The van der Waals surface area contributed by atoms with Crippen LogP contribution < -0.4 is 14.5 Å². The molecule has 0 N–H and O–H groups in total. The first-order chi connectivity index (χ1) is 27.4. The molecule has 57 heavy (non-hydrogen) atoms. The third-order valence-electron chi connectivity index (χ3n) is 10.5. The number of rotatable bonds is 7. The Morgan fingerprint density at radius 2 is 1.32 bits per heavy atom. The van der Waals surface area contributed by atoms with Gasteiger partial charge in [-0.2, -0.15) is 12.1 Å². The van der Waals surface area contributed by atoms with Crippen LogP contribution in [0, 0.1) is 18.8 Å². The maximum Gasteiger partial charge on any atom is 0.217 e. The molecule has 7 aromatic carbocycles. The number of aromatic nitrogens is 3. The standard InChI is InChI=1S/C50H38N5O.Pt/c1-50(2,3)36-25-27-41(35-15-6-4-7-16-35)47(31-36)54-34-53(45-23-12-13-24-46(45)54)38-19-14-20-39(32-38)56-40-26-28-43-42-21-10-11-22-44(42)55(48(43)33-40)49-51-29-30-52(49)37-17-8-5-9-18-37;/h4-31,34H,1-3H3;/q-3;. The smallest absolute Gasteiger partial charge is 0.217 e. The molecule has 9 aromatic rings. The molecule has 10 rings (SSSR count). The van der Waals surface area contributed by atoms with Crippen molar-refractivity contribution in [3.8, 4) is 34.3 Å². The molecule has 0 atom stereocenters. The van der Waals surface area contributed by atoms with Gasteiger partial charge in [0.25, 0.3) is 0 Å². The quantitative estimate of drug-likeness (QED) is 0.149. The Kier molecular flexibility index (Phi) is 9.30. The minimum atomic E-state index is -0.0144. The van der Waals surface area contributed by atoms with E-state index < -0.39 is 0 Å². The molecule has 0 saturated heterocycles. The van der Waals surface area contributed by atoms with Crippen LogP contribution >= 0.6 is 0 Å². The summed E-state index contributed by atoms with van der Waals surface area (Å²) in [5, 5.41) is 2.19. The summed E-state index contributed by atoms with van der Waals surface area (Å²) >= 11 is 0. The van der Waals surface area contributed by atoms with Crippen LogP contribution in [0.4, 0.5) is 22.7 Å². The van der Waals surface area contributed by atoms with Crippen LogP contribution in [0.15, 0.2) is 170 Å². The van der Waals surface area contributed by atoms with Crippen molar-refractivity contribution in [1.29, 1.82) is 0 Å². The van der Waals surface area contributed by atoms with Crippen LogP contribution in [0.25, 0.3) is 44.6 Å². The Hall–Kier alpha value is -6.36. The van der Waals surface area contributed by atoms with Crippen LogP contribution in [0.3, 0.4) is 0 Å². The van der Waals surface area contributed by atoms with Crippen molar-refractivity contribution in [2.24, 2.45) is 0 Å². The fourth-order valence-corrected chi connectivity index (χ4v) is 7.70. The number of hydrogen-bond acceptors (Lipinski definition) is 4. The Labute approximate surface area is 347 Å². The Balaban J connectivity index is 0.00000422. The average Bonchev–Trinajstić information content (AvgIpc) is 3.95. The third kappa shape index (κ3) is 6.50. The van der Waals surface area contributed by atoms with E-state index in [0.717, 1.165) is 56.2 Å². The summed E-state index contributed by atoms with van der Waals surface area (Å²) in [6.07, 6.45) is 3.83. The molecule has 3 heterocycles. The Morgan fingerprint density at radius 3 is 2.11 bits per heavy atom. The van der Waals surface area contributed by atoms with E-state index in [1.54, 1.807) is 0 Å². The van der Waals surface area contributed by atoms with E-state index in [1.807, 2.05) is 48.8 Å². The van der Waals surface area contributed by atoms with Crippen molar-refractivity contribution >= 4 is 44.6 Å². The van der Waals surface area contributed by atoms with Crippen molar-refractivity contribution in [2.45, 2.75) is 26.2 Å². The molecule has 0 unspecified atom stereocenters. The van der Waals surface area contributed by atoms with Gasteiger partial charge in [0.2, 0.25) is 5.95 Å². The van der Waals surface area contributed by atoms with Crippen LogP contribution in [0.5, 0.6) is 11.5 Å². The number of para-hydroxylation sites is 4. The number of benzene rings is 7. The first-order valence-electron chi connectivity index (χ1n) is 18.9. The van der Waals surface area contributed by atoms with Crippen molar-refractivity contribution in [1.82, 2.24) is 14.1 Å². The van der Waals surface area contributed by atoms with Crippen molar-refractivity contribution in [3.05, 3.63) is 194 Å². The predicted octanol–water partition coefficient (Wildman–Crippen LogP) is 12.7. The molecule has 1 aliphatic rings. The SMILES string of the molecule is CC(C)(C)c1ccc(-c2ccccc2)c(N2[CH-]N(c3[c-]c(Oc4[c-]c5c(cc4)c4ccccc4n5-c4nccn4-c4ccccc4)ccc3)c3ccccc32)c1.[Pt]. The minimum Gasteiger partial charge on any atom is -0.509 e. The van der Waals surface area contributed by atoms with Gasteiger partial charge in [-0.15, -0.1) is 48.1 Å². The van der Waals surface area contributed by atoms with E-state index in [9.17, 15) is 0 Å². The van der Waals surface area contributed by atoms with E-state index in [0.29, 0.717) is 11.5 Å². The number of anilines is 4. The monoisotopic (exact) mass is 919 g/mol. The molecular formula is C50H38N5OPt-3. The van der Waals surface area contributed by atoms with Crippen LogP contribution in [-0.2, 0) is 26.5 Å². The second-order valence-corrected chi connectivity index (χ2v) is 15.1. The largest absolute Gasteiger partial charge is 0.509 e. The number of ether oxygens (including phenoxy) is 1. The van der Waals surface area contributed by atoms with Gasteiger partial charge in [0, 0.05) is 78.8 Å². The van der Waals surface area contributed by atoms with E-state index in [4.69, 9.17) is 9.72 Å². The summed E-state index contributed by atoms with van der Waals surface area (Å²) in [7, 11) is 0. The number of imidazole rings is 1. The summed E-state index contributed by atoms with van der Waals surface area (Å²) in [6.45, 7) is 8.95.